The van der Waals surface area contributed by atoms with E-state index in [1.165, 1.54) is 5.01 Å². The van der Waals surface area contributed by atoms with Gasteiger partial charge in [-0.25, -0.2) is 15.0 Å². The van der Waals surface area contributed by atoms with E-state index in [0.717, 1.165) is 22.9 Å². The molecule has 0 saturated heterocycles. The molecular weight excluding hydrogens is 304 g/mol. The van der Waals surface area contributed by atoms with E-state index in [2.05, 4.69) is 41.4 Å². The second kappa shape index (κ2) is 6.87. The van der Waals surface area contributed by atoms with Crippen molar-refractivity contribution in [3.8, 4) is 11.4 Å². The van der Waals surface area contributed by atoms with Crippen molar-refractivity contribution in [2.75, 3.05) is 5.32 Å². The molecule has 2 heterocycles. The number of benzene rings is 1. The summed E-state index contributed by atoms with van der Waals surface area (Å²) in [6, 6.07) is 12.0. The summed E-state index contributed by atoms with van der Waals surface area (Å²) in [5, 5.41) is 6.70. The van der Waals surface area contributed by atoms with Crippen LogP contribution >= 0.6 is 11.3 Å². The molecule has 0 bridgehead atoms. The first kappa shape index (κ1) is 15.6. The molecule has 1 aromatic carbocycles. The molecule has 0 spiro atoms. The number of hydrogen-bond donors (Lipinski definition) is 1. The van der Waals surface area contributed by atoms with Crippen molar-refractivity contribution in [3.63, 3.8) is 0 Å². The molecule has 1 N–H and O–H groups in total. The Hall–Kier alpha value is -2.27. The highest BCUT2D eigenvalue weighted by Crippen LogP contribution is 2.25. The van der Waals surface area contributed by atoms with Gasteiger partial charge in [0.1, 0.15) is 5.82 Å². The summed E-state index contributed by atoms with van der Waals surface area (Å²) < 4.78 is 0. The minimum atomic E-state index is 0.109. The first-order valence-electron chi connectivity index (χ1n) is 7.74. The summed E-state index contributed by atoms with van der Waals surface area (Å²) in [6.07, 6.45) is 1.78. The SMILES string of the molecule is CC(C)c1nc(C(C)Nc2ccnc(-c3ccccc3)n2)cs1. The van der Waals surface area contributed by atoms with Crippen LogP contribution in [-0.2, 0) is 0 Å². The zero-order chi connectivity index (χ0) is 16.2. The monoisotopic (exact) mass is 324 g/mol. The second-order valence-corrected chi connectivity index (χ2v) is 6.65. The third-order valence-electron chi connectivity index (χ3n) is 3.53. The van der Waals surface area contributed by atoms with E-state index >= 15 is 0 Å². The maximum Gasteiger partial charge on any atom is 0.161 e. The van der Waals surface area contributed by atoms with Crippen molar-refractivity contribution in [2.24, 2.45) is 0 Å². The van der Waals surface area contributed by atoms with Crippen LogP contribution in [0.4, 0.5) is 5.82 Å². The summed E-state index contributed by atoms with van der Waals surface area (Å²) in [6.45, 7) is 6.43. The van der Waals surface area contributed by atoms with Crippen LogP contribution in [0.2, 0.25) is 0 Å². The van der Waals surface area contributed by atoms with Crippen LogP contribution in [0.3, 0.4) is 0 Å². The van der Waals surface area contributed by atoms with Gasteiger partial charge in [-0.3, -0.25) is 0 Å². The van der Waals surface area contributed by atoms with Gasteiger partial charge < -0.3 is 5.32 Å². The van der Waals surface area contributed by atoms with Crippen molar-refractivity contribution in [3.05, 3.63) is 58.7 Å². The van der Waals surface area contributed by atoms with Crippen LogP contribution in [0.15, 0.2) is 48.0 Å². The molecule has 0 radical (unpaired) electrons. The van der Waals surface area contributed by atoms with E-state index in [9.17, 15) is 0 Å². The molecule has 23 heavy (non-hydrogen) atoms. The zero-order valence-electron chi connectivity index (χ0n) is 13.5. The summed E-state index contributed by atoms with van der Waals surface area (Å²) in [4.78, 5) is 13.7. The number of nitrogens with one attached hydrogen (secondary N) is 1. The summed E-state index contributed by atoms with van der Waals surface area (Å²) in [5.74, 6) is 2.00. The molecule has 4 nitrogen and oxygen atoms in total. The highest BCUT2D eigenvalue weighted by molar-refractivity contribution is 7.09. The lowest BCUT2D eigenvalue weighted by Crippen LogP contribution is -2.09. The number of aromatic nitrogens is 3. The van der Waals surface area contributed by atoms with Crippen LogP contribution < -0.4 is 5.32 Å². The van der Waals surface area contributed by atoms with E-state index in [4.69, 9.17) is 4.98 Å². The number of nitrogens with zero attached hydrogens (tertiary/aromatic N) is 3. The molecule has 3 aromatic rings. The van der Waals surface area contributed by atoms with Gasteiger partial charge in [-0.05, 0) is 13.0 Å². The van der Waals surface area contributed by atoms with Gasteiger partial charge in [0.25, 0.3) is 0 Å². The minimum Gasteiger partial charge on any atom is -0.362 e. The Kier molecular flexibility index (Phi) is 4.67. The Balaban J connectivity index is 1.77. The van der Waals surface area contributed by atoms with Crippen molar-refractivity contribution in [1.29, 1.82) is 0 Å². The van der Waals surface area contributed by atoms with Gasteiger partial charge in [0.05, 0.1) is 16.7 Å². The lowest BCUT2D eigenvalue weighted by atomic mass is 10.2. The minimum absolute atomic E-state index is 0.109. The summed E-state index contributed by atoms with van der Waals surface area (Å²) in [7, 11) is 0. The molecule has 1 unspecified atom stereocenters. The van der Waals surface area contributed by atoms with Gasteiger partial charge in [-0.15, -0.1) is 11.3 Å². The standard InChI is InChI=1S/C18H20N4S/c1-12(2)18-21-15(11-23-18)13(3)20-16-9-10-19-17(22-16)14-7-5-4-6-8-14/h4-13H,1-3H3,(H,19,20,22). The molecule has 0 aliphatic rings. The van der Waals surface area contributed by atoms with Crippen molar-refractivity contribution in [1.82, 2.24) is 15.0 Å². The zero-order valence-corrected chi connectivity index (χ0v) is 14.3. The highest BCUT2D eigenvalue weighted by Gasteiger charge is 2.13. The fraction of sp³-hybridized carbons (Fsp3) is 0.278. The van der Waals surface area contributed by atoms with E-state index in [0.29, 0.717) is 5.92 Å². The molecule has 5 heteroatoms. The predicted molar refractivity (Wildman–Crippen MR) is 95.7 cm³/mol. The van der Waals surface area contributed by atoms with E-state index in [1.807, 2.05) is 36.4 Å². The second-order valence-electron chi connectivity index (χ2n) is 5.76. The Morgan fingerprint density at radius 1 is 1.00 bits per heavy atom. The van der Waals surface area contributed by atoms with Gasteiger partial charge in [-0.1, -0.05) is 44.2 Å². The van der Waals surface area contributed by atoms with Crippen molar-refractivity contribution >= 4 is 17.2 Å². The smallest absolute Gasteiger partial charge is 0.161 e. The molecule has 0 saturated carbocycles. The van der Waals surface area contributed by atoms with Crippen LogP contribution in [0.1, 0.15) is 43.4 Å². The van der Waals surface area contributed by atoms with Gasteiger partial charge in [-0.2, -0.15) is 0 Å². The normalized spacial score (nSPS) is 12.3. The number of rotatable bonds is 5. The average molecular weight is 324 g/mol. The summed E-state index contributed by atoms with van der Waals surface area (Å²) >= 11 is 1.71. The fourth-order valence-electron chi connectivity index (χ4n) is 2.23. The highest BCUT2D eigenvalue weighted by atomic mass is 32.1. The van der Waals surface area contributed by atoms with Gasteiger partial charge in [0.15, 0.2) is 5.82 Å². The maximum atomic E-state index is 4.70. The van der Waals surface area contributed by atoms with Crippen LogP contribution in [0.25, 0.3) is 11.4 Å². The van der Waals surface area contributed by atoms with E-state index in [-0.39, 0.29) is 6.04 Å². The van der Waals surface area contributed by atoms with Crippen LogP contribution in [-0.4, -0.2) is 15.0 Å². The van der Waals surface area contributed by atoms with Crippen molar-refractivity contribution < 1.29 is 0 Å². The maximum absolute atomic E-state index is 4.70. The van der Waals surface area contributed by atoms with Crippen molar-refractivity contribution in [2.45, 2.75) is 32.7 Å². The Morgan fingerprint density at radius 2 is 1.78 bits per heavy atom. The Bertz CT molecular complexity index is 767. The van der Waals surface area contributed by atoms with Gasteiger partial charge in [0, 0.05) is 23.1 Å². The number of thiazole rings is 1. The largest absolute Gasteiger partial charge is 0.362 e. The van der Waals surface area contributed by atoms with Crippen LogP contribution in [0.5, 0.6) is 0 Å². The Labute approximate surface area is 140 Å². The quantitative estimate of drug-likeness (QED) is 0.725. The molecule has 0 aliphatic heterocycles. The fourth-order valence-corrected chi connectivity index (χ4v) is 3.15. The predicted octanol–water partition coefficient (Wildman–Crippen LogP) is 4.90. The molecule has 0 fully saturated rings. The lowest BCUT2D eigenvalue weighted by molar-refractivity contribution is 0.798. The molecule has 118 valence electrons. The topological polar surface area (TPSA) is 50.7 Å². The van der Waals surface area contributed by atoms with E-state index in [1.54, 1.807) is 17.5 Å². The molecule has 0 amide bonds. The average Bonchev–Trinajstić information content (AvgIpc) is 3.06. The lowest BCUT2D eigenvalue weighted by Gasteiger charge is -2.13. The molecule has 1 atom stereocenters. The number of hydrogen-bond acceptors (Lipinski definition) is 5. The molecule has 2 aromatic heterocycles. The summed E-state index contributed by atoms with van der Waals surface area (Å²) in [5.41, 5.74) is 2.07. The van der Waals surface area contributed by atoms with Crippen LogP contribution in [0, 0.1) is 0 Å². The molecule has 3 rings (SSSR count). The first-order chi connectivity index (χ1) is 11.1. The molecule has 0 aliphatic carbocycles. The van der Waals surface area contributed by atoms with Gasteiger partial charge in [0.2, 0.25) is 0 Å². The third-order valence-corrected chi connectivity index (χ3v) is 4.69. The third kappa shape index (κ3) is 3.74. The number of anilines is 1. The van der Waals surface area contributed by atoms with Gasteiger partial charge >= 0.3 is 0 Å². The Morgan fingerprint density at radius 3 is 2.48 bits per heavy atom. The van der Waals surface area contributed by atoms with E-state index < -0.39 is 0 Å². The molecular formula is C18H20N4S. The first-order valence-corrected chi connectivity index (χ1v) is 8.62.